The van der Waals surface area contributed by atoms with E-state index in [1.165, 1.54) is 4.90 Å². The number of hydrogen-bond donors (Lipinski definition) is 0. The van der Waals surface area contributed by atoms with Crippen molar-refractivity contribution in [3.63, 3.8) is 0 Å². The van der Waals surface area contributed by atoms with E-state index in [0.717, 1.165) is 22.0 Å². The lowest BCUT2D eigenvalue weighted by atomic mass is 9.92. The molecule has 0 saturated carbocycles. The minimum atomic E-state index is -0.274. The zero-order valence-corrected chi connectivity index (χ0v) is 14.4. The van der Waals surface area contributed by atoms with Crippen molar-refractivity contribution >= 4 is 34.0 Å². The second-order valence-electron chi connectivity index (χ2n) is 6.54. The number of carbonyl (C=O) groups excluding carboxylic acids is 2. The summed E-state index contributed by atoms with van der Waals surface area (Å²) in [4.78, 5) is 29.5. The Morgan fingerprint density at radius 2 is 1.52 bits per heavy atom. The zero-order chi connectivity index (χ0) is 17.7. The molecule has 0 unspecified atom stereocenters. The molecule has 0 aromatic heterocycles. The highest BCUT2D eigenvalue weighted by Gasteiger charge is 2.34. The molecule has 0 bridgehead atoms. The molecular weight excluding hydrogens is 312 g/mol. The van der Waals surface area contributed by atoms with Crippen LogP contribution in [0.1, 0.15) is 26.3 Å². The summed E-state index contributed by atoms with van der Waals surface area (Å²) >= 11 is 0. The summed E-state index contributed by atoms with van der Waals surface area (Å²) in [7, 11) is 3.91. The van der Waals surface area contributed by atoms with Crippen LogP contribution in [0, 0.1) is 6.92 Å². The van der Waals surface area contributed by atoms with Crippen LogP contribution >= 0.6 is 0 Å². The van der Waals surface area contributed by atoms with Crippen LogP contribution < -0.4 is 9.80 Å². The third-order valence-corrected chi connectivity index (χ3v) is 4.63. The zero-order valence-electron chi connectivity index (χ0n) is 14.4. The maximum absolute atomic E-state index is 13.1. The van der Waals surface area contributed by atoms with Crippen molar-refractivity contribution in [3.8, 4) is 0 Å². The van der Waals surface area contributed by atoms with Crippen molar-refractivity contribution in [3.05, 3.63) is 71.3 Å². The van der Waals surface area contributed by atoms with E-state index in [-0.39, 0.29) is 11.8 Å². The van der Waals surface area contributed by atoms with Gasteiger partial charge in [-0.1, -0.05) is 24.3 Å². The van der Waals surface area contributed by atoms with Gasteiger partial charge in [-0.15, -0.1) is 0 Å². The topological polar surface area (TPSA) is 40.6 Å². The molecule has 0 N–H and O–H groups in total. The number of anilines is 2. The van der Waals surface area contributed by atoms with Gasteiger partial charge in [0.2, 0.25) is 0 Å². The highest BCUT2D eigenvalue weighted by molar-refractivity contribution is 6.36. The van der Waals surface area contributed by atoms with Gasteiger partial charge in [-0.2, -0.15) is 0 Å². The van der Waals surface area contributed by atoms with E-state index in [0.29, 0.717) is 16.8 Å². The Hall–Kier alpha value is -3.14. The fourth-order valence-corrected chi connectivity index (χ4v) is 3.47. The maximum atomic E-state index is 13.1. The van der Waals surface area contributed by atoms with Crippen LogP contribution in [0.5, 0.6) is 0 Å². The Morgan fingerprint density at radius 1 is 0.840 bits per heavy atom. The largest absolute Gasteiger partial charge is 0.377 e. The molecular formula is C21H18N2O2. The molecule has 4 rings (SSSR count). The standard InChI is InChI=1S/C21H18N2O2/c1-13-6-4-7-14(12-13)23-20(24)16-9-5-8-15-18(22(2)3)11-10-17(19(15)16)21(23)25/h4-12H,1-3H3. The molecule has 25 heavy (non-hydrogen) atoms. The predicted octanol–water partition coefficient (Wildman–Crippen LogP) is 4.01. The Morgan fingerprint density at radius 3 is 2.20 bits per heavy atom. The molecule has 1 aliphatic heterocycles. The highest BCUT2D eigenvalue weighted by Crippen LogP contribution is 2.36. The molecule has 0 fully saturated rings. The minimum Gasteiger partial charge on any atom is -0.377 e. The smallest absolute Gasteiger partial charge is 0.265 e. The van der Waals surface area contributed by atoms with E-state index >= 15 is 0 Å². The van der Waals surface area contributed by atoms with Crippen LogP contribution in [0.4, 0.5) is 11.4 Å². The van der Waals surface area contributed by atoms with Crippen molar-refractivity contribution in [2.75, 3.05) is 23.9 Å². The van der Waals surface area contributed by atoms with Crippen LogP contribution in [0.2, 0.25) is 0 Å². The van der Waals surface area contributed by atoms with Crippen LogP contribution in [-0.2, 0) is 0 Å². The van der Waals surface area contributed by atoms with E-state index in [2.05, 4.69) is 0 Å². The Kier molecular flexibility index (Phi) is 3.35. The summed E-state index contributed by atoms with van der Waals surface area (Å²) in [6, 6.07) is 16.8. The molecule has 1 aliphatic rings. The Balaban J connectivity index is 1.99. The normalized spacial score (nSPS) is 13.5. The van der Waals surface area contributed by atoms with Crippen molar-refractivity contribution < 1.29 is 9.59 Å². The van der Waals surface area contributed by atoms with Gasteiger partial charge in [0.15, 0.2) is 0 Å². The van der Waals surface area contributed by atoms with Crippen LogP contribution in [0.15, 0.2) is 54.6 Å². The molecule has 2 amide bonds. The summed E-state index contributed by atoms with van der Waals surface area (Å²) in [5.74, 6) is -0.547. The number of rotatable bonds is 2. The first-order valence-electron chi connectivity index (χ1n) is 8.17. The van der Waals surface area contributed by atoms with E-state index < -0.39 is 0 Å². The lowest BCUT2D eigenvalue weighted by Crippen LogP contribution is -2.40. The quantitative estimate of drug-likeness (QED) is 0.667. The molecule has 3 aromatic rings. The second-order valence-corrected chi connectivity index (χ2v) is 6.54. The average molecular weight is 330 g/mol. The monoisotopic (exact) mass is 330 g/mol. The molecule has 3 aromatic carbocycles. The SMILES string of the molecule is Cc1cccc(N2C(=O)c3cccc4c(N(C)C)ccc(c34)C2=O)c1. The molecule has 0 spiro atoms. The number of benzene rings is 3. The number of aryl methyl sites for hydroxylation is 1. The van der Waals surface area contributed by atoms with E-state index in [1.54, 1.807) is 12.1 Å². The second kappa shape index (κ2) is 5.45. The minimum absolute atomic E-state index is 0.274. The lowest BCUT2D eigenvalue weighted by Gasteiger charge is -2.28. The van der Waals surface area contributed by atoms with Crippen molar-refractivity contribution in [2.45, 2.75) is 6.92 Å². The third kappa shape index (κ3) is 2.22. The van der Waals surface area contributed by atoms with Crippen LogP contribution in [0.3, 0.4) is 0 Å². The van der Waals surface area contributed by atoms with Crippen molar-refractivity contribution in [2.24, 2.45) is 0 Å². The fraction of sp³-hybridized carbons (Fsp3) is 0.143. The lowest BCUT2D eigenvalue weighted by molar-refractivity contribution is 0.0893. The fourth-order valence-electron chi connectivity index (χ4n) is 3.47. The molecule has 0 atom stereocenters. The van der Waals surface area contributed by atoms with Crippen LogP contribution in [-0.4, -0.2) is 25.9 Å². The maximum Gasteiger partial charge on any atom is 0.265 e. The van der Waals surface area contributed by atoms with Crippen molar-refractivity contribution in [1.82, 2.24) is 0 Å². The van der Waals surface area contributed by atoms with E-state index in [4.69, 9.17) is 0 Å². The van der Waals surface area contributed by atoms with Gasteiger partial charge in [0.1, 0.15) is 0 Å². The molecule has 124 valence electrons. The molecule has 0 radical (unpaired) electrons. The number of nitrogens with zero attached hydrogens (tertiary/aromatic N) is 2. The summed E-state index contributed by atoms with van der Waals surface area (Å²) in [5, 5.41) is 1.66. The van der Waals surface area contributed by atoms with E-state index in [1.807, 2.05) is 68.4 Å². The molecule has 1 heterocycles. The number of hydrogen-bond acceptors (Lipinski definition) is 3. The van der Waals surface area contributed by atoms with Gasteiger partial charge in [0, 0.05) is 41.7 Å². The summed E-state index contributed by atoms with van der Waals surface area (Å²) in [6.45, 7) is 1.94. The van der Waals surface area contributed by atoms with Crippen molar-refractivity contribution in [1.29, 1.82) is 0 Å². The first-order valence-corrected chi connectivity index (χ1v) is 8.17. The van der Waals surface area contributed by atoms with Gasteiger partial charge in [0.05, 0.1) is 5.69 Å². The summed E-state index contributed by atoms with van der Waals surface area (Å²) in [5.41, 5.74) is 3.74. The summed E-state index contributed by atoms with van der Waals surface area (Å²) in [6.07, 6.45) is 0. The highest BCUT2D eigenvalue weighted by atomic mass is 16.2. The van der Waals surface area contributed by atoms with E-state index in [9.17, 15) is 9.59 Å². The Labute approximate surface area is 146 Å². The van der Waals surface area contributed by atoms with Gasteiger partial charge in [-0.05, 0) is 42.8 Å². The predicted molar refractivity (Wildman–Crippen MR) is 101 cm³/mol. The molecule has 4 nitrogen and oxygen atoms in total. The van der Waals surface area contributed by atoms with Gasteiger partial charge in [-0.25, -0.2) is 4.90 Å². The number of carbonyl (C=O) groups is 2. The van der Waals surface area contributed by atoms with Gasteiger partial charge < -0.3 is 4.90 Å². The first kappa shape index (κ1) is 15.4. The van der Waals surface area contributed by atoms with Gasteiger partial charge in [-0.3, -0.25) is 9.59 Å². The molecule has 0 saturated heterocycles. The van der Waals surface area contributed by atoms with Gasteiger partial charge in [0.25, 0.3) is 11.8 Å². The molecule has 0 aliphatic carbocycles. The number of imide groups is 1. The first-order chi connectivity index (χ1) is 12.0. The average Bonchev–Trinajstić information content (AvgIpc) is 2.59. The molecule has 4 heteroatoms. The summed E-state index contributed by atoms with van der Waals surface area (Å²) < 4.78 is 0. The van der Waals surface area contributed by atoms with Gasteiger partial charge >= 0.3 is 0 Å². The Bertz CT molecular complexity index is 1010. The third-order valence-electron chi connectivity index (χ3n) is 4.63. The number of amides is 2. The van der Waals surface area contributed by atoms with Crippen LogP contribution in [0.25, 0.3) is 10.8 Å².